The molecule has 2 N–H and O–H groups in total. The van der Waals surface area contributed by atoms with Gasteiger partial charge in [0, 0.05) is 4.90 Å². The lowest BCUT2D eigenvalue weighted by molar-refractivity contribution is -0.137. The van der Waals surface area contributed by atoms with E-state index < -0.39 is 17.9 Å². The number of carbonyl (C=O) groups excluding carboxylic acids is 1. The number of carboxylic acid groups (broad SMARTS) is 1. The van der Waals surface area contributed by atoms with Crippen LogP contribution in [0.15, 0.2) is 53.4 Å². The van der Waals surface area contributed by atoms with Gasteiger partial charge in [0.25, 0.3) is 0 Å². The molecule has 2 aromatic rings. The smallest absolute Gasteiger partial charge is 0.305 e. The molecule has 0 fully saturated rings. The summed E-state index contributed by atoms with van der Waals surface area (Å²) in [4.78, 5) is 25.0. The highest BCUT2D eigenvalue weighted by molar-refractivity contribution is 7.98. The molecule has 0 saturated carbocycles. The maximum atomic E-state index is 12.7. The third-order valence-corrected chi connectivity index (χ3v) is 4.94. The fourth-order valence-corrected chi connectivity index (χ4v) is 3.03. The number of aliphatic carboxylic acids is 1. The van der Waals surface area contributed by atoms with Gasteiger partial charge >= 0.3 is 5.97 Å². The van der Waals surface area contributed by atoms with Crippen molar-refractivity contribution < 1.29 is 19.4 Å². The molecule has 0 aliphatic rings. The summed E-state index contributed by atoms with van der Waals surface area (Å²) in [6, 6.07) is 14.3. The van der Waals surface area contributed by atoms with Gasteiger partial charge in [-0.1, -0.05) is 24.3 Å². The highest BCUT2D eigenvalue weighted by Crippen LogP contribution is 2.24. The van der Waals surface area contributed by atoms with Gasteiger partial charge < -0.3 is 15.2 Å². The average molecular weight is 373 g/mol. The van der Waals surface area contributed by atoms with Crippen molar-refractivity contribution in [3.8, 4) is 5.75 Å². The largest absolute Gasteiger partial charge is 0.497 e. The molecule has 1 amide bonds. The summed E-state index contributed by atoms with van der Waals surface area (Å²) >= 11 is 1.61. The topological polar surface area (TPSA) is 75.6 Å². The van der Waals surface area contributed by atoms with Crippen LogP contribution in [0.1, 0.15) is 36.4 Å². The Hall–Kier alpha value is -2.47. The van der Waals surface area contributed by atoms with Crippen LogP contribution in [0.3, 0.4) is 0 Å². The number of ether oxygens (including phenoxy) is 1. The molecule has 0 bridgehead atoms. The molecule has 5 nitrogen and oxygen atoms in total. The molecule has 6 heteroatoms. The summed E-state index contributed by atoms with van der Waals surface area (Å²) in [7, 11) is 1.57. The van der Waals surface area contributed by atoms with Crippen LogP contribution in [0.2, 0.25) is 0 Å². The quantitative estimate of drug-likeness (QED) is 0.688. The Kier molecular flexibility index (Phi) is 7.09. The Morgan fingerprint density at radius 3 is 2.42 bits per heavy atom. The Balaban J connectivity index is 2.17. The first kappa shape index (κ1) is 19.8. The van der Waals surface area contributed by atoms with E-state index in [1.807, 2.05) is 54.8 Å². The molecule has 0 aliphatic carbocycles. The number of thioether (sulfide) groups is 1. The first-order chi connectivity index (χ1) is 12.4. The van der Waals surface area contributed by atoms with Crippen LogP contribution < -0.4 is 10.1 Å². The lowest BCUT2D eigenvalue weighted by atomic mass is 9.98. The zero-order chi connectivity index (χ0) is 19.1. The molecule has 2 unspecified atom stereocenters. The molecule has 0 aromatic heterocycles. The van der Waals surface area contributed by atoms with E-state index >= 15 is 0 Å². The molecule has 0 aliphatic heterocycles. The van der Waals surface area contributed by atoms with E-state index in [0.29, 0.717) is 5.75 Å². The number of rotatable bonds is 8. The zero-order valence-electron chi connectivity index (χ0n) is 15.1. The molecule has 138 valence electrons. The van der Waals surface area contributed by atoms with Gasteiger partial charge in [0.05, 0.1) is 25.5 Å². The van der Waals surface area contributed by atoms with Crippen LogP contribution in [0, 0.1) is 0 Å². The van der Waals surface area contributed by atoms with Gasteiger partial charge in [0.1, 0.15) is 5.75 Å². The van der Waals surface area contributed by atoms with Crippen LogP contribution in [0.25, 0.3) is 0 Å². The van der Waals surface area contributed by atoms with E-state index in [-0.39, 0.29) is 12.3 Å². The van der Waals surface area contributed by atoms with Crippen molar-refractivity contribution in [1.82, 2.24) is 5.32 Å². The van der Waals surface area contributed by atoms with Gasteiger partial charge in [-0.25, -0.2) is 0 Å². The monoisotopic (exact) mass is 373 g/mol. The Bertz CT molecular complexity index is 761. The number of nitrogens with one attached hydrogen (secondary N) is 1. The van der Waals surface area contributed by atoms with Gasteiger partial charge in [-0.05, 0) is 48.6 Å². The highest BCUT2D eigenvalue weighted by Gasteiger charge is 2.22. The average Bonchev–Trinajstić information content (AvgIpc) is 2.66. The van der Waals surface area contributed by atoms with Crippen LogP contribution in [-0.4, -0.2) is 30.3 Å². The van der Waals surface area contributed by atoms with Crippen molar-refractivity contribution in [2.75, 3.05) is 13.4 Å². The van der Waals surface area contributed by atoms with Crippen LogP contribution in [0.4, 0.5) is 0 Å². The van der Waals surface area contributed by atoms with Crippen molar-refractivity contribution in [2.45, 2.75) is 30.2 Å². The first-order valence-electron chi connectivity index (χ1n) is 8.24. The second kappa shape index (κ2) is 9.29. The summed E-state index contributed by atoms with van der Waals surface area (Å²) in [6.45, 7) is 1.79. The van der Waals surface area contributed by atoms with Crippen molar-refractivity contribution >= 4 is 23.6 Å². The number of hydrogen-bond donors (Lipinski definition) is 2. The molecular weight excluding hydrogens is 350 g/mol. The predicted molar refractivity (Wildman–Crippen MR) is 103 cm³/mol. The van der Waals surface area contributed by atoms with Crippen molar-refractivity contribution in [1.29, 1.82) is 0 Å². The summed E-state index contributed by atoms with van der Waals surface area (Å²) < 4.78 is 5.20. The SMILES string of the molecule is COc1cccc(C(C)C(=O)NC(CC(=O)O)c2ccc(SC)cc2)c1. The summed E-state index contributed by atoms with van der Waals surface area (Å²) in [5.74, 6) is -0.930. The Labute approximate surface area is 157 Å². The second-order valence-electron chi connectivity index (χ2n) is 5.93. The molecule has 0 spiro atoms. The Morgan fingerprint density at radius 1 is 1.15 bits per heavy atom. The first-order valence-corrected chi connectivity index (χ1v) is 9.47. The van der Waals surface area contributed by atoms with E-state index in [1.54, 1.807) is 25.8 Å². The van der Waals surface area contributed by atoms with Gasteiger partial charge in [-0.3, -0.25) is 9.59 Å². The fourth-order valence-electron chi connectivity index (χ4n) is 2.62. The summed E-state index contributed by atoms with van der Waals surface area (Å²) in [6.07, 6.45) is 1.80. The lowest BCUT2D eigenvalue weighted by Crippen LogP contribution is -2.33. The third kappa shape index (κ3) is 5.26. The van der Waals surface area contributed by atoms with E-state index in [1.165, 1.54) is 0 Å². The van der Waals surface area contributed by atoms with E-state index in [9.17, 15) is 14.7 Å². The predicted octanol–water partition coefficient (Wildman–Crippen LogP) is 3.85. The number of benzene rings is 2. The standard InChI is InChI=1S/C20H23NO4S/c1-13(15-5-4-6-16(11-15)25-2)20(24)21-18(12-19(22)23)14-7-9-17(26-3)10-8-14/h4-11,13,18H,12H2,1-3H3,(H,21,24)(H,22,23). The minimum atomic E-state index is -0.960. The zero-order valence-corrected chi connectivity index (χ0v) is 15.9. The molecular formula is C20H23NO4S. The van der Waals surface area contributed by atoms with Crippen LogP contribution >= 0.6 is 11.8 Å². The van der Waals surface area contributed by atoms with Crippen molar-refractivity contribution in [3.63, 3.8) is 0 Å². The number of methoxy groups -OCH3 is 1. The minimum Gasteiger partial charge on any atom is -0.497 e. The molecule has 0 saturated heterocycles. The number of amides is 1. The van der Waals surface area contributed by atoms with Gasteiger partial charge in [-0.2, -0.15) is 0 Å². The molecule has 26 heavy (non-hydrogen) atoms. The number of carboxylic acids is 1. The normalized spacial score (nSPS) is 12.9. The summed E-state index contributed by atoms with van der Waals surface area (Å²) in [5, 5.41) is 12.1. The maximum Gasteiger partial charge on any atom is 0.305 e. The van der Waals surface area contributed by atoms with E-state index in [4.69, 9.17) is 4.74 Å². The minimum absolute atomic E-state index is 0.171. The van der Waals surface area contributed by atoms with Gasteiger partial charge in [0.2, 0.25) is 5.91 Å². The molecule has 2 atom stereocenters. The van der Waals surface area contributed by atoms with Gasteiger partial charge in [-0.15, -0.1) is 11.8 Å². The maximum absolute atomic E-state index is 12.7. The van der Waals surface area contributed by atoms with Crippen LogP contribution in [0.5, 0.6) is 5.75 Å². The Morgan fingerprint density at radius 2 is 1.85 bits per heavy atom. The third-order valence-electron chi connectivity index (χ3n) is 4.20. The molecule has 0 heterocycles. The molecule has 0 radical (unpaired) electrons. The van der Waals surface area contributed by atoms with Crippen LogP contribution in [-0.2, 0) is 9.59 Å². The summed E-state index contributed by atoms with van der Waals surface area (Å²) in [5.41, 5.74) is 1.59. The molecule has 2 aromatic carbocycles. The lowest BCUT2D eigenvalue weighted by Gasteiger charge is -2.21. The molecule has 2 rings (SSSR count). The number of carbonyl (C=O) groups is 2. The van der Waals surface area contributed by atoms with E-state index in [0.717, 1.165) is 16.0 Å². The van der Waals surface area contributed by atoms with Crippen molar-refractivity contribution in [2.24, 2.45) is 0 Å². The van der Waals surface area contributed by atoms with Gasteiger partial charge in [0.15, 0.2) is 0 Å². The highest BCUT2D eigenvalue weighted by atomic mass is 32.2. The van der Waals surface area contributed by atoms with Crippen molar-refractivity contribution in [3.05, 3.63) is 59.7 Å². The fraction of sp³-hybridized carbons (Fsp3) is 0.300. The second-order valence-corrected chi connectivity index (χ2v) is 6.81. The van der Waals surface area contributed by atoms with E-state index in [2.05, 4.69) is 5.32 Å². The number of hydrogen-bond acceptors (Lipinski definition) is 4.